The van der Waals surface area contributed by atoms with Gasteiger partial charge in [-0.15, -0.1) is 0 Å². The molecule has 1 saturated carbocycles. The molecule has 21 heavy (non-hydrogen) atoms. The molecule has 1 aliphatic heterocycles. The number of nitrogens with zero attached hydrogens (tertiary/aromatic N) is 2. The SMILES string of the molecule is COc1cc(C)nc(CN2CCC(CNC3CC3)CC2)c1. The molecule has 2 heterocycles. The molecule has 0 unspecified atom stereocenters. The minimum Gasteiger partial charge on any atom is -0.497 e. The molecule has 1 aliphatic carbocycles. The van der Waals surface area contributed by atoms with E-state index in [-0.39, 0.29) is 0 Å². The number of nitrogens with one attached hydrogen (secondary N) is 1. The monoisotopic (exact) mass is 289 g/mol. The lowest BCUT2D eigenvalue weighted by atomic mass is 9.96. The van der Waals surface area contributed by atoms with Crippen LogP contribution in [0.5, 0.6) is 5.75 Å². The van der Waals surface area contributed by atoms with E-state index in [0.29, 0.717) is 0 Å². The summed E-state index contributed by atoms with van der Waals surface area (Å²) in [7, 11) is 1.72. The molecule has 1 saturated heterocycles. The van der Waals surface area contributed by atoms with Crippen molar-refractivity contribution in [3.05, 3.63) is 23.5 Å². The van der Waals surface area contributed by atoms with E-state index in [2.05, 4.69) is 21.3 Å². The number of rotatable bonds is 6. The number of pyridine rings is 1. The third-order valence-corrected chi connectivity index (χ3v) is 4.58. The molecule has 2 aliphatic rings. The Morgan fingerprint density at radius 3 is 2.67 bits per heavy atom. The molecule has 0 amide bonds. The van der Waals surface area contributed by atoms with Crippen molar-refractivity contribution in [1.29, 1.82) is 0 Å². The van der Waals surface area contributed by atoms with Crippen LogP contribution >= 0.6 is 0 Å². The Hall–Kier alpha value is -1.13. The summed E-state index contributed by atoms with van der Waals surface area (Å²) < 4.78 is 5.34. The number of hydrogen-bond donors (Lipinski definition) is 1. The highest BCUT2D eigenvalue weighted by molar-refractivity contribution is 5.26. The van der Waals surface area contributed by atoms with Crippen LogP contribution in [0.25, 0.3) is 0 Å². The molecular weight excluding hydrogens is 262 g/mol. The van der Waals surface area contributed by atoms with Crippen LogP contribution in [0.4, 0.5) is 0 Å². The molecule has 0 bridgehead atoms. The maximum absolute atomic E-state index is 5.34. The molecule has 116 valence electrons. The summed E-state index contributed by atoms with van der Waals surface area (Å²) in [6, 6.07) is 4.89. The van der Waals surface area contributed by atoms with Crippen LogP contribution in [0, 0.1) is 12.8 Å². The van der Waals surface area contributed by atoms with E-state index in [9.17, 15) is 0 Å². The van der Waals surface area contributed by atoms with Crippen molar-refractivity contribution in [1.82, 2.24) is 15.2 Å². The topological polar surface area (TPSA) is 37.4 Å². The molecular formula is C17H27N3O. The number of likely N-dealkylation sites (tertiary alicyclic amines) is 1. The van der Waals surface area contributed by atoms with E-state index >= 15 is 0 Å². The van der Waals surface area contributed by atoms with Crippen molar-refractivity contribution in [3.63, 3.8) is 0 Å². The highest BCUT2D eigenvalue weighted by Crippen LogP contribution is 2.23. The number of aryl methyl sites for hydroxylation is 1. The van der Waals surface area contributed by atoms with Gasteiger partial charge in [0.25, 0.3) is 0 Å². The maximum Gasteiger partial charge on any atom is 0.122 e. The average Bonchev–Trinajstić information content (AvgIpc) is 3.30. The number of ether oxygens (including phenoxy) is 1. The lowest BCUT2D eigenvalue weighted by molar-refractivity contribution is 0.173. The van der Waals surface area contributed by atoms with Gasteiger partial charge in [-0.1, -0.05) is 0 Å². The Morgan fingerprint density at radius 1 is 1.24 bits per heavy atom. The van der Waals surface area contributed by atoms with Crippen LogP contribution in [0.1, 0.15) is 37.1 Å². The van der Waals surface area contributed by atoms with Gasteiger partial charge in [0.2, 0.25) is 0 Å². The zero-order valence-corrected chi connectivity index (χ0v) is 13.3. The van der Waals surface area contributed by atoms with Crippen molar-refractivity contribution in [3.8, 4) is 5.75 Å². The summed E-state index contributed by atoms with van der Waals surface area (Å²) in [4.78, 5) is 7.15. The quantitative estimate of drug-likeness (QED) is 0.872. The fourth-order valence-corrected chi connectivity index (χ4v) is 3.10. The highest BCUT2D eigenvalue weighted by Gasteiger charge is 2.24. The fraction of sp³-hybridized carbons (Fsp3) is 0.706. The minimum absolute atomic E-state index is 0.840. The average molecular weight is 289 g/mol. The molecule has 0 radical (unpaired) electrons. The Bertz CT molecular complexity index is 465. The third kappa shape index (κ3) is 4.42. The van der Waals surface area contributed by atoms with Crippen LogP contribution in [0.2, 0.25) is 0 Å². The lowest BCUT2D eigenvalue weighted by Gasteiger charge is -2.32. The molecule has 4 nitrogen and oxygen atoms in total. The van der Waals surface area contributed by atoms with Gasteiger partial charge in [-0.2, -0.15) is 0 Å². The predicted octanol–water partition coefficient (Wildman–Crippen LogP) is 2.36. The van der Waals surface area contributed by atoms with Crippen LogP contribution in [0.3, 0.4) is 0 Å². The molecule has 1 aromatic rings. The molecule has 2 fully saturated rings. The van der Waals surface area contributed by atoms with Crippen molar-refractivity contribution in [2.75, 3.05) is 26.7 Å². The second-order valence-electron chi connectivity index (χ2n) is 6.54. The smallest absolute Gasteiger partial charge is 0.122 e. The van der Waals surface area contributed by atoms with Crippen molar-refractivity contribution < 1.29 is 4.74 Å². The van der Waals surface area contributed by atoms with E-state index in [0.717, 1.165) is 35.6 Å². The Morgan fingerprint density at radius 2 is 2.00 bits per heavy atom. The number of piperidine rings is 1. The lowest BCUT2D eigenvalue weighted by Crippen LogP contribution is -2.37. The summed E-state index contributed by atoms with van der Waals surface area (Å²) in [6.45, 7) is 6.57. The van der Waals surface area contributed by atoms with Gasteiger partial charge in [-0.25, -0.2) is 0 Å². The van der Waals surface area contributed by atoms with Gasteiger partial charge in [0.15, 0.2) is 0 Å². The Balaban J connectivity index is 1.46. The van der Waals surface area contributed by atoms with Gasteiger partial charge in [0.1, 0.15) is 5.75 Å². The predicted molar refractivity (Wildman–Crippen MR) is 84.6 cm³/mol. The van der Waals surface area contributed by atoms with E-state index < -0.39 is 0 Å². The van der Waals surface area contributed by atoms with Crippen LogP contribution in [0.15, 0.2) is 12.1 Å². The second-order valence-corrected chi connectivity index (χ2v) is 6.54. The third-order valence-electron chi connectivity index (χ3n) is 4.58. The van der Waals surface area contributed by atoms with E-state index in [1.54, 1.807) is 7.11 Å². The Kier molecular flexibility index (Phi) is 4.76. The number of aromatic nitrogens is 1. The molecule has 4 heteroatoms. The van der Waals surface area contributed by atoms with Crippen molar-refractivity contribution >= 4 is 0 Å². The molecule has 0 spiro atoms. The molecule has 0 atom stereocenters. The van der Waals surface area contributed by atoms with E-state index in [1.807, 2.05) is 13.0 Å². The summed E-state index contributed by atoms with van der Waals surface area (Å²) >= 11 is 0. The standard InChI is InChI=1S/C17H27N3O/c1-13-9-17(21-2)10-16(19-13)12-20-7-5-14(6-8-20)11-18-15-3-4-15/h9-10,14-15,18H,3-8,11-12H2,1-2H3. The van der Waals surface area contributed by atoms with Crippen molar-refractivity contribution in [2.24, 2.45) is 5.92 Å². The largest absolute Gasteiger partial charge is 0.497 e. The summed E-state index contributed by atoms with van der Waals surface area (Å²) in [5.74, 6) is 1.78. The van der Waals surface area contributed by atoms with Gasteiger partial charge in [0, 0.05) is 30.4 Å². The van der Waals surface area contributed by atoms with Crippen LogP contribution in [-0.4, -0.2) is 42.7 Å². The first-order valence-electron chi connectivity index (χ1n) is 8.20. The number of methoxy groups -OCH3 is 1. The zero-order chi connectivity index (χ0) is 14.7. The normalized spacial score (nSPS) is 20.7. The molecule has 1 aromatic heterocycles. The molecule has 0 aromatic carbocycles. The number of hydrogen-bond acceptors (Lipinski definition) is 4. The fourth-order valence-electron chi connectivity index (χ4n) is 3.10. The van der Waals surface area contributed by atoms with Gasteiger partial charge in [-0.05, 0) is 58.2 Å². The Labute approximate surface area is 127 Å². The maximum atomic E-state index is 5.34. The van der Waals surface area contributed by atoms with Gasteiger partial charge >= 0.3 is 0 Å². The van der Waals surface area contributed by atoms with Gasteiger partial charge < -0.3 is 10.1 Å². The second kappa shape index (κ2) is 6.75. The molecule has 3 rings (SSSR count). The summed E-state index contributed by atoms with van der Waals surface area (Å²) in [6.07, 6.45) is 5.39. The van der Waals surface area contributed by atoms with Crippen molar-refractivity contribution in [2.45, 2.75) is 45.2 Å². The summed E-state index contributed by atoms with van der Waals surface area (Å²) in [5, 5.41) is 3.67. The zero-order valence-electron chi connectivity index (χ0n) is 13.3. The van der Waals surface area contributed by atoms with E-state index in [1.165, 1.54) is 45.3 Å². The van der Waals surface area contributed by atoms with Crippen LogP contribution in [-0.2, 0) is 6.54 Å². The summed E-state index contributed by atoms with van der Waals surface area (Å²) in [5.41, 5.74) is 2.16. The first kappa shape index (κ1) is 14.8. The minimum atomic E-state index is 0.840. The van der Waals surface area contributed by atoms with Crippen LogP contribution < -0.4 is 10.1 Å². The molecule has 1 N–H and O–H groups in total. The van der Waals surface area contributed by atoms with Gasteiger partial charge in [0.05, 0.1) is 12.8 Å². The van der Waals surface area contributed by atoms with E-state index in [4.69, 9.17) is 4.74 Å². The highest BCUT2D eigenvalue weighted by atomic mass is 16.5. The first-order valence-corrected chi connectivity index (χ1v) is 8.20. The first-order chi connectivity index (χ1) is 10.2. The van der Waals surface area contributed by atoms with Gasteiger partial charge in [-0.3, -0.25) is 9.88 Å².